The van der Waals surface area contributed by atoms with Crippen LogP contribution in [0.25, 0.3) is 11.1 Å². The first-order chi connectivity index (χ1) is 13.0. The van der Waals surface area contributed by atoms with Crippen LogP contribution >= 0.6 is 0 Å². The lowest BCUT2D eigenvalue weighted by Gasteiger charge is -2.43. The van der Waals surface area contributed by atoms with E-state index in [-0.39, 0.29) is 17.5 Å². The number of aromatic nitrogens is 2. The van der Waals surface area contributed by atoms with Gasteiger partial charge in [0.05, 0.1) is 7.11 Å². The molecule has 0 spiro atoms. The molecule has 1 fully saturated rings. The van der Waals surface area contributed by atoms with Crippen LogP contribution < -0.4 is 15.6 Å². The molecule has 3 rings (SSSR count). The van der Waals surface area contributed by atoms with Gasteiger partial charge in [-0.25, -0.2) is 4.98 Å². The van der Waals surface area contributed by atoms with Gasteiger partial charge in [-0.1, -0.05) is 13.5 Å². The number of nitrogens with zero attached hydrogens (tertiary/aromatic N) is 2. The molecule has 3 heterocycles. The van der Waals surface area contributed by atoms with Crippen molar-refractivity contribution < 1.29 is 9.53 Å². The van der Waals surface area contributed by atoms with Crippen molar-refractivity contribution in [3.05, 3.63) is 53.6 Å². The Labute approximate surface area is 158 Å². The molecule has 2 aromatic rings. The van der Waals surface area contributed by atoms with Gasteiger partial charge < -0.3 is 19.9 Å². The minimum Gasteiger partial charge on any atom is -0.481 e. The smallest absolute Gasteiger partial charge is 0.271 e. The van der Waals surface area contributed by atoms with Crippen molar-refractivity contribution in [3.63, 3.8) is 0 Å². The third-order valence-electron chi connectivity index (χ3n) is 4.93. The maximum atomic E-state index is 12.3. The highest BCUT2D eigenvalue weighted by molar-refractivity contribution is 5.87. The van der Waals surface area contributed by atoms with Crippen LogP contribution in [0.15, 0.2) is 48.0 Å². The number of likely N-dealkylation sites (tertiary alicyclic amines) is 1. The lowest BCUT2D eigenvalue weighted by Crippen LogP contribution is -2.55. The summed E-state index contributed by atoms with van der Waals surface area (Å²) < 4.78 is 5.17. The first-order valence-corrected chi connectivity index (χ1v) is 8.96. The molecule has 2 N–H and O–H groups in total. The van der Waals surface area contributed by atoms with Crippen molar-refractivity contribution in [2.24, 2.45) is 5.92 Å². The number of hydrogen-bond acceptors (Lipinski definition) is 5. The van der Waals surface area contributed by atoms with E-state index < -0.39 is 0 Å². The second-order valence-corrected chi connectivity index (χ2v) is 6.58. The summed E-state index contributed by atoms with van der Waals surface area (Å²) >= 11 is 0. The number of aromatic amines is 1. The molecule has 0 aliphatic carbocycles. The van der Waals surface area contributed by atoms with Crippen molar-refractivity contribution in [2.45, 2.75) is 19.4 Å². The molecule has 1 atom stereocenters. The summed E-state index contributed by atoms with van der Waals surface area (Å²) in [7, 11) is 1.57. The van der Waals surface area contributed by atoms with Gasteiger partial charge in [0, 0.05) is 49.1 Å². The van der Waals surface area contributed by atoms with Gasteiger partial charge in [-0.2, -0.15) is 0 Å². The van der Waals surface area contributed by atoms with Crippen LogP contribution in [-0.2, 0) is 4.79 Å². The van der Waals surface area contributed by atoms with Crippen LogP contribution in [0.3, 0.4) is 0 Å². The molecule has 1 amide bonds. The molecule has 1 saturated heterocycles. The van der Waals surface area contributed by atoms with Crippen LogP contribution in [0.1, 0.15) is 13.3 Å². The van der Waals surface area contributed by atoms with Crippen LogP contribution in [0.5, 0.6) is 5.88 Å². The van der Waals surface area contributed by atoms with Crippen molar-refractivity contribution in [3.8, 4) is 17.0 Å². The quantitative estimate of drug-likeness (QED) is 0.732. The number of nitrogens with one attached hydrogen (secondary N) is 2. The first-order valence-electron chi connectivity index (χ1n) is 8.96. The van der Waals surface area contributed by atoms with E-state index in [1.54, 1.807) is 24.4 Å². The zero-order valence-corrected chi connectivity index (χ0v) is 15.6. The second kappa shape index (κ2) is 8.07. The molecule has 1 aliphatic rings. The third-order valence-corrected chi connectivity index (χ3v) is 4.93. The third kappa shape index (κ3) is 4.02. The summed E-state index contributed by atoms with van der Waals surface area (Å²) in [5.41, 5.74) is 2.12. The summed E-state index contributed by atoms with van der Waals surface area (Å²) in [6.07, 6.45) is 5.53. The van der Waals surface area contributed by atoms with Crippen molar-refractivity contribution >= 4 is 11.6 Å². The first kappa shape index (κ1) is 18.7. The van der Waals surface area contributed by atoms with Crippen molar-refractivity contribution in [2.75, 3.05) is 25.5 Å². The molecular formula is C20H24N4O3. The van der Waals surface area contributed by atoms with Crippen LogP contribution in [-0.4, -0.2) is 47.0 Å². The highest BCUT2D eigenvalue weighted by Crippen LogP contribution is 2.26. The predicted octanol–water partition coefficient (Wildman–Crippen LogP) is 2.28. The summed E-state index contributed by atoms with van der Waals surface area (Å²) in [4.78, 5) is 32.6. The van der Waals surface area contributed by atoms with Gasteiger partial charge in [0.2, 0.25) is 11.8 Å². The SMILES string of the molecule is C=CC(=O)N1CC(C(CC)Nc2cc(-c3ccnc(OC)c3)c[nH]c2=O)C1. The number of anilines is 1. The van der Waals surface area contributed by atoms with E-state index >= 15 is 0 Å². The Bertz CT molecular complexity index is 887. The van der Waals surface area contributed by atoms with Gasteiger partial charge in [0.15, 0.2) is 0 Å². The van der Waals surface area contributed by atoms with Gasteiger partial charge in [0.25, 0.3) is 5.56 Å². The molecule has 2 aromatic heterocycles. The summed E-state index contributed by atoms with van der Waals surface area (Å²) in [6, 6.07) is 5.63. The average molecular weight is 368 g/mol. The molecule has 1 unspecified atom stereocenters. The molecule has 7 heteroatoms. The average Bonchev–Trinajstić information content (AvgIpc) is 2.67. The number of H-pyrrole nitrogens is 1. The fourth-order valence-electron chi connectivity index (χ4n) is 3.29. The fraction of sp³-hybridized carbons (Fsp3) is 0.350. The summed E-state index contributed by atoms with van der Waals surface area (Å²) in [5.74, 6) is 0.775. The maximum Gasteiger partial charge on any atom is 0.271 e. The number of amides is 1. The number of carbonyl (C=O) groups excluding carboxylic acids is 1. The van der Waals surface area contributed by atoms with Crippen LogP contribution in [0.4, 0.5) is 5.69 Å². The van der Waals surface area contributed by atoms with Gasteiger partial charge in [-0.05, 0) is 30.2 Å². The lowest BCUT2D eigenvalue weighted by atomic mass is 9.89. The Morgan fingerprint density at radius 2 is 2.26 bits per heavy atom. The Morgan fingerprint density at radius 1 is 1.48 bits per heavy atom. The predicted molar refractivity (Wildman–Crippen MR) is 105 cm³/mol. The molecule has 0 radical (unpaired) electrons. The number of pyridine rings is 2. The largest absolute Gasteiger partial charge is 0.481 e. The van der Waals surface area contributed by atoms with Crippen LogP contribution in [0, 0.1) is 5.92 Å². The highest BCUT2D eigenvalue weighted by atomic mass is 16.5. The van der Waals surface area contributed by atoms with Gasteiger partial charge in [-0.3, -0.25) is 9.59 Å². The number of hydrogen-bond donors (Lipinski definition) is 2. The summed E-state index contributed by atoms with van der Waals surface area (Å²) in [5, 5.41) is 3.36. The molecule has 142 valence electrons. The van der Waals surface area contributed by atoms with E-state index in [1.807, 2.05) is 18.2 Å². The van der Waals surface area contributed by atoms with E-state index in [0.717, 1.165) is 17.5 Å². The minimum atomic E-state index is -0.170. The Hall–Kier alpha value is -3.09. The monoisotopic (exact) mass is 368 g/mol. The normalized spacial score (nSPS) is 15.0. The zero-order valence-electron chi connectivity index (χ0n) is 15.6. The van der Waals surface area contributed by atoms with E-state index in [9.17, 15) is 9.59 Å². The minimum absolute atomic E-state index is 0.0485. The topological polar surface area (TPSA) is 87.3 Å². The fourth-order valence-corrected chi connectivity index (χ4v) is 3.29. The molecule has 0 bridgehead atoms. The Morgan fingerprint density at radius 3 is 2.93 bits per heavy atom. The highest BCUT2D eigenvalue weighted by Gasteiger charge is 2.34. The van der Waals surface area contributed by atoms with Gasteiger partial charge in [-0.15, -0.1) is 0 Å². The second-order valence-electron chi connectivity index (χ2n) is 6.58. The number of ether oxygens (including phenoxy) is 1. The standard InChI is InChI=1S/C20H24N4O3/c1-4-16(15-11-24(12-15)19(25)5-2)23-17-8-14(10-22-20(17)26)13-6-7-21-18(9-13)27-3/h5-10,15-16,23H,2,4,11-12H2,1,3H3,(H,22,26). The van der Waals surface area contributed by atoms with E-state index in [0.29, 0.717) is 30.6 Å². The van der Waals surface area contributed by atoms with E-state index in [4.69, 9.17) is 4.74 Å². The van der Waals surface area contributed by atoms with Gasteiger partial charge >= 0.3 is 0 Å². The molecule has 7 nitrogen and oxygen atoms in total. The molecule has 0 aromatic carbocycles. The molecule has 1 aliphatic heterocycles. The van der Waals surface area contributed by atoms with Crippen LogP contribution in [0.2, 0.25) is 0 Å². The number of rotatable bonds is 7. The molecule has 0 saturated carbocycles. The van der Waals surface area contributed by atoms with E-state index in [1.165, 1.54) is 6.08 Å². The number of methoxy groups -OCH3 is 1. The Balaban J connectivity index is 1.77. The molecule has 27 heavy (non-hydrogen) atoms. The Kier molecular flexibility index (Phi) is 5.59. The van der Waals surface area contributed by atoms with Gasteiger partial charge in [0.1, 0.15) is 5.69 Å². The number of carbonyl (C=O) groups is 1. The lowest BCUT2D eigenvalue weighted by molar-refractivity contribution is -0.132. The maximum absolute atomic E-state index is 12.3. The van der Waals surface area contributed by atoms with Crippen molar-refractivity contribution in [1.82, 2.24) is 14.9 Å². The zero-order chi connectivity index (χ0) is 19.4. The van der Waals surface area contributed by atoms with E-state index in [2.05, 4.69) is 28.8 Å². The summed E-state index contributed by atoms with van der Waals surface area (Å²) in [6.45, 7) is 6.94. The van der Waals surface area contributed by atoms with Crippen molar-refractivity contribution in [1.29, 1.82) is 0 Å². The molecular weight excluding hydrogens is 344 g/mol.